The minimum absolute atomic E-state index is 0.102. The van der Waals surface area contributed by atoms with Crippen LogP contribution in [0.2, 0.25) is 5.02 Å². The third kappa shape index (κ3) is 5.65. The van der Waals surface area contributed by atoms with Crippen molar-refractivity contribution in [3.63, 3.8) is 0 Å². The third-order valence-corrected chi connectivity index (χ3v) is 5.43. The fraction of sp³-hybridized carbons (Fsp3) is 0.227. The second kappa shape index (κ2) is 9.67. The van der Waals surface area contributed by atoms with Gasteiger partial charge in [0.25, 0.3) is 5.91 Å². The average molecular weight is 400 g/mol. The molecule has 0 aliphatic carbocycles. The van der Waals surface area contributed by atoms with Crippen molar-refractivity contribution in [1.29, 1.82) is 0 Å². The number of benzene rings is 3. The molecule has 0 fully saturated rings. The van der Waals surface area contributed by atoms with Crippen molar-refractivity contribution in [2.45, 2.75) is 18.8 Å². The van der Waals surface area contributed by atoms with Crippen LogP contribution in [0, 0.1) is 0 Å². The first-order valence-electron chi connectivity index (χ1n) is 8.88. The molecule has 3 rings (SSSR count). The largest absolute Gasteiger partial charge is 0.480 e. The molecule has 1 unspecified atom stereocenters. The maximum Gasteiger partial charge on any atom is 0.260 e. The smallest absolute Gasteiger partial charge is 0.260 e. The van der Waals surface area contributed by atoms with Gasteiger partial charge in [-0.1, -0.05) is 60.1 Å². The number of carbonyl (C=O) groups excluding carboxylic acids is 1. The lowest BCUT2D eigenvalue weighted by Crippen LogP contribution is -2.37. The molecule has 0 aliphatic rings. The Hall–Kier alpha value is -2.17. The Labute approximate surface area is 169 Å². The quantitative estimate of drug-likeness (QED) is 0.521. The number of fused-ring (bicyclic) bond motifs is 1. The van der Waals surface area contributed by atoms with Crippen molar-refractivity contribution in [3.05, 3.63) is 77.3 Å². The van der Waals surface area contributed by atoms with Gasteiger partial charge >= 0.3 is 0 Å². The molecule has 5 heteroatoms. The van der Waals surface area contributed by atoms with Gasteiger partial charge in [0.1, 0.15) is 5.75 Å². The first-order valence-corrected chi connectivity index (χ1v) is 10.4. The van der Waals surface area contributed by atoms with Gasteiger partial charge in [0.2, 0.25) is 0 Å². The number of thioether (sulfide) groups is 1. The van der Waals surface area contributed by atoms with Gasteiger partial charge in [-0.3, -0.25) is 4.79 Å². The van der Waals surface area contributed by atoms with E-state index >= 15 is 0 Å². The second-order valence-corrected chi connectivity index (χ2v) is 7.75. The predicted molar refractivity (Wildman–Crippen MR) is 115 cm³/mol. The Morgan fingerprint density at radius 1 is 1.07 bits per heavy atom. The normalized spacial score (nSPS) is 11.9. The molecule has 140 valence electrons. The molecule has 3 nitrogen and oxygen atoms in total. The summed E-state index contributed by atoms with van der Waals surface area (Å²) in [5, 5.41) is 5.80. The van der Waals surface area contributed by atoms with Crippen LogP contribution >= 0.6 is 23.4 Å². The van der Waals surface area contributed by atoms with Crippen LogP contribution in [0.25, 0.3) is 10.8 Å². The summed E-state index contributed by atoms with van der Waals surface area (Å²) in [6.07, 6.45) is -0.544. The van der Waals surface area contributed by atoms with Crippen LogP contribution in [-0.2, 0) is 10.5 Å². The van der Waals surface area contributed by atoms with E-state index in [-0.39, 0.29) is 5.91 Å². The zero-order valence-electron chi connectivity index (χ0n) is 15.2. The number of ether oxygens (including phenoxy) is 1. The van der Waals surface area contributed by atoms with Crippen LogP contribution in [-0.4, -0.2) is 24.3 Å². The highest BCUT2D eigenvalue weighted by molar-refractivity contribution is 7.98. The standard InChI is InChI=1S/C22H22ClNO2S/c1-16(26-21-8-4-6-18-5-2-3-7-20(18)21)22(25)24-13-14-27-15-17-9-11-19(23)12-10-17/h2-12,16H,13-15H2,1H3,(H,24,25). The summed E-state index contributed by atoms with van der Waals surface area (Å²) in [6, 6.07) is 21.7. The maximum absolute atomic E-state index is 12.3. The zero-order valence-corrected chi connectivity index (χ0v) is 16.7. The highest BCUT2D eigenvalue weighted by Gasteiger charge is 2.15. The molecular weight excluding hydrogens is 378 g/mol. The number of halogens is 1. The summed E-state index contributed by atoms with van der Waals surface area (Å²) in [4.78, 5) is 12.3. The summed E-state index contributed by atoms with van der Waals surface area (Å²) in [6.45, 7) is 2.39. The van der Waals surface area contributed by atoms with E-state index in [1.54, 1.807) is 18.7 Å². The summed E-state index contributed by atoms with van der Waals surface area (Å²) in [5.41, 5.74) is 1.23. The number of hydrogen-bond donors (Lipinski definition) is 1. The first-order chi connectivity index (χ1) is 13.1. The van der Waals surface area contributed by atoms with Gasteiger partial charge in [-0.2, -0.15) is 11.8 Å². The van der Waals surface area contributed by atoms with Gasteiger partial charge in [0.15, 0.2) is 6.10 Å². The van der Waals surface area contributed by atoms with Crippen LogP contribution in [0.4, 0.5) is 0 Å². The van der Waals surface area contributed by atoms with E-state index in [4.69, 9.17) is 16.3 Å². The summed E-state index contributed by atoms with van der Waals surface area (Å²) < 4.78 is 5.90. The number of carbonyl (C=O) groups is 1. The van der Waals surface area contributed by atoms with Crippen LogP contribution in [0.3, 0.4) is 0 Å². The molecule has 1 N–H and O–H groups in total. The molecule has 0 spiro atoms. The van der Waals surface area contributed by atoms with Crippen molar-refractivity contribution >= 4 is 40.0 Å². The van der Waals surface area contributed by atoms with Crippen molar-refractivity contribution in [1.82, 2.24) is 5.32 Å². The first kappa shape index (κ1) is 19.6. The van der Waals surface area contributed by atoms with E-state index < -0.39 is 6.10 Å². The van der Waals surface area contributed by atoms with E-state index in [2.05, 4.69) is 5.32 Å². The Morgan fingerprint density at radius 2 is 1.81 bits per heavy atom. The predicted octanol–water partition coefficient (Wildman–Crippen LogP) is 5.31. The molecule has 27 heavy (non-hydrogen) atoms. The molecule has 0 aromatic heterocycles. The molecule has 0 saturated carbocycles. The minimum Gasteiger partial charge on any atom is -0.480 e. The van der Waals surface area contributed by atoms with Crippen molar-refractivity contribution in [3.8, 4) is 5.75 Å². The Bertz CT molecular complexity index is 893. The molecule has 0 bridgehead atoms. The van der Waals surface area contributed by atoms with Crippen LogP contribution in [0.5, 0.6) is 5.75 Å². The lowest BCUT2D eigenvalue weighted by molar-refractivity contribution is -0.127. The lowest BCUT2D eigenvalue weighted by atomic mass is 10.1. The Kier molecular flexibility index (Phi) is 7.02. The van der Waals surface area contributed by atoms with Gasteiger partial charge in [0.05, 0.1) is 0 Å². The minimum atomic E-state index is -0.544. The van der Waals surface area contributed by atoms with Gasteiger partial charge in [0, 0.05) is 28.5 Å². The molecule has 3 aromatic rings. The van der Waals surface area contributed by atoms with Gasteiger partial charge in [-0.15, -0.1) is 0 Å². The van der Waals surface area contributed by atoms with Gasteiger partial charge < -0.3 is 10.1 Å². The van der Waals surface area contributed by atoms with Crippen LogP contribution in [0.15, 0.2) is 66.7 Å². The molecule has 0 aliphatic heterocycles. The van der Waals surface area contributed by atoms with Crippen molar-refractivity contribution in [2.24, 2.45) is 0 Å². The van der Waals surface area contributed by atoms with E-state index in [9.17, 15) is 4.79 Å². The molecule has 1 atom stereocenters. The lowest BCUT2D eigenvalue weighted by Gasteiger charge is -2.16. The highest BCUT2D eigenvalue weighted by Crippen LogP contribution is 2.26. The average Bonchev–Trinajstić information content (AvgIpc) is 2.69. The Morgan fingerprint density at radius 3 is 2.63 bits per heavy atom. The van der Waals surface area contributed by atoms with Gasteiger partial charge in [-0.25, -0.2) is 0 Å². The highest BCUT2D eigenvalue weighted by atomic mass is 35.5. The summed E-state index contributed by atoms with van der Waals surface area (Å²) >= 11 is 7.66. The fourth-order valence-electron chi connectivity index (χ4n) is 2.70. The van der Waals surface area contributed by atoms with E-state index in [1.165, 1.54) is 5.56 Å². The Balaban J connectivity index is 1.43. The number of nitrogens with one attached hydrogen (secondary N) is 1. The molecule has 1 amide bonds. The van der Waals surface area contributed by atoms with Gasteiger partial charge in [-0.05, 0) is 36.1 Å². The van der Waals surface area contributed by atoms with E-state index in [0.717, 1.165) is 33.1 Å². The van der Waals surface area contributed by atoms with Crippen LogP contribution < -0.4 is 10.1 Å². The topological polar surface area (TPSA) is 38.3 Å². The third-order valence-electron chi connectivity index (χ3n) is 4.15. The molecular formula is C22H22ClNO2S. The molecule has 0 heterocycles. The monoisotopic (exact) mass is 399 g/mol. The summed E-state index contributed by atoms with van der Waals surface area (Å²) in [7, 11) is 0. The zero-order chi connectivity index (χ0) is 19.1. The van der Waals surface area contributed by atoms with Crippen molar-refractivity contribution < 1.29 is 9.53 Å². The van der Waals surface area contributed by atoms with E-state index in [0.29, 0.717) is 6.54 Å². The SMILES string of the molecule is CC(Oc1cccc2ccccc12)C(=O)NCCSCc1ccc(Cl)cc1. The van der Waals surface area contributed by atoms with E-state index in [1.807, 2.05) is 66.7 Å². The molecule has 0 radical (unpaired) electrons. The molecule has 0 saturated heterocycles. The second-order valence-electron chi connectivity index (χ2n) is 6.21. The van der Waals surface area contributed by atoms with Crippen molar-refractivity contribution in [2.75, 3.05) is 12.3 Å². The van der Waals surface area contributed by atoms with Crippen LogP contribution in [0.1, 0.15) is 12.5 Å². The number of amides is 1. The maximum atomic E-state index is 12.3. The summed E-state index contributed by atoms with van der Waals surface area (Å²) in [5.74, 6) is 2.37. The fourth-order valence-corrected chi connectivity index (χ4v) is 3.65. The molecule has 3 aromatic carbocycles. The number of rotatable bonds is 8. The number of hydrogen-bond acceptors (Lipinski definition) is 3.